The maximum Gasteiger partial charge on any atom is 0.419 e. The molecule has 0 saturated carbocycles. The normalized spacial score (nSPS) is 15.7. The van der Waals surface area contributed by atoms with Crippen molar-refractivity contribution in [3.8, 4) is 0 Å². The molecule has 1 aliphatic rings. The first-order valence-electron chi connectivity index (χ1n) is 5.62. The zero-order valence-corrected chi connectivity index (χ0v) is 9.76. The van der Waals surface area contributed by atoms with Gasteiger partial charge in [0.05, 0.1) is 24.0 Å². The lowest BCUT2D eigenvalue weighted by Crippen LogP contribution is -2.15. The van der Waals surface area contributed by atoms with E-state index in [1.807, 2.05) is 0 Å². The number of rotatable bonds is 2. The Bertz CT molecular complexity index is 532. The van der Waals surface area contributed by atoms with Gasteiger partial charge in [0.1, 0.15) is 5.82 Å². The summed E-state index contributed by atoms with van der Waals surface area (Å²) in [6.07, 6.45) is -2.68. The van der Waals surface area contributed by atoms with Crippen LogP contribution in [0.15, 0.2) is 30.0 Å². The predicted molar refractivity (Wildman–Crippen MR) is 59.0 cm³/mol. The Balaban J connectivity index is 2.40. The third-order valence-corrected chi connectivity index (χ3v) is 2.77. The molecule has 2 nitrogen and oxygen atoms in total. The molecule has 1 aromatic carbocycles. The third kappa shape index (κ3) is 2.77. The minimum atomic E-state index is -4.82. The number of Topliss-reactive ketones (excluding diaryl/α,β-unsaturated/α-hetero) is 1. The molecule has 0 amide bonds. The first-order valence-corrected chi connectivity index (χ1v) is 5.62. The van der Waals surface area contributed by atoms with Gasteiger partial charge in [-0.3, -0.25) is 4.79 Å². The highest BCUT2D eigenvalue weighted by Gasteiger charge is 2.36. The van der Waals surface area contributed by atoms with Gasteiger partial charge in [-0.25, -0.2) is 4.39 Å². The number of hydrogen-bond acceptors (Lipinski definition) is 2. The van der Waals surface area contributed by atoms with Gasteiger partial charge < -0.3 is 4.74 Å². The van der Waals surface area contributed by atoms with Crippen LogP contribution in [-0.4, -0.2) is 12.4 Å². The summed E-state index contributed by atoms with van der Waals surface area (Å²) in [7, 11) is 0. The van der Waals surface area contributed by atoms with Crippen LogP contribution in [0.5, 0.6) is 0 Å². The van der Waals surface area contributed by atoms with Crippen LogP contribution >= 0.6 is 0 Å². The van der Waals surface area contributed by atoms with Gasteiger partial charge in [0.25, 0.3) is 0 Å². The number of ketones is 1. The number of benzene rings is 1. The quantitative estimate of drug-likeness (QED) is 0.607. The summed E-state index contributed by atoms with van der Waals surface area (Å²) in [6, 6.07) is 2.67. The molecule has 2 rings (SSSR count). The molecule has 102 valence electrons. The van der Waals surface area contributed by atoms with E-state index in [0.717, 1.165) is 12.1 Å². The summed E-state index contributed by atoms with van der Waals surface area (Å²) in [5.41, 5.74) is -1.83. The fourth-order valence-electron chi connectivity index (χ4n) is 1.83. The van der Waals surface area contributed by atoms with Crippen LogP contribution < -0.4 is 0 Å². The van der Waals surface area contributed by atoms with Gasteiger partial charge in [0.15, 0.2) is 5.78 Å². The minimum absolute atomic E-state index is 0.185. The molecular formula is C13H10F4O2. The standard InChI is InChI=1S/C13H10F4O2/c14-11-9(4-1-5-10(11)13(15,16)17)12(18)8-3-2-6-19-7-8/h1,4-5,7H,2-3,6H2. The molecule has 0 atom stereocenters. The largest absolute Gasteiger partial charge is 0.501 e. The molecule has 6 heteroatoms. The molecule has 0 bridgehead atoms. The summed E-state index contributed by atoms with van der Waals surface area (Å²) in [6.45, 7) is 0.446. The summed E-state index contributed by atoms with van der Waals surface area (Å²) in [5, 5.41) is 0. The fraction of sp³-hybridized carbons (Fsp3) is 0.308. The van der Waals surface area contributed by atoms with Crippen molar-refractivity contribution in [1.29, 1.82) is 0 Å². The lowest BCUT2D eigenvalue weighted by molar-refractivity contribution is -0.140. The summed E-state index contributed by atoms with van der Waals surface area (Å²) in [4.78, 5) is 11.9. The molecule has 1 aliphatic heterocycles. The van der Waals surface area contributed by atoms with Crippen molar-refractivity contribution in [2.24, 2.45) is 0 Å². The molecule has 1 heterocycles. The molecular weight excluding hydrogens is 264 g/mol. The Morgan fingerprint density at radius 2 is 2.00 bits per heavy atom. The van der Waals surface area contributed by atoms with Crippen LogP contribution in [0.1, 0.15) is 28.8 Å². The van der Waals surface area contributed by atoms with E-state index in [4.69, 9.17) is 4.74 Å². The highest BCUT2D eigenvalue weighted by molar-refractivity contribution is 6.08. The second-order valence-corrected chi connectivity index (χ2v) is 4.11. The van der Waals surface area contributed by atoms with Crippen LogP contribution in [0.25, 0.3) is 0 Å². The molecule has 0 saturated heterocycles. The van der Waals surface area contributed by atoms with Crippen LogP contribution in [0.2, 0.25) is 0 Å². The monoisotopic (exact) mass is 274 g/mol. The Morgan fingerprint density at radius 1 is 1.26 bits per heavy atom. The van der Waals surface area contributed by atoms with Gasteiger partial charge in [0, 0.05) is 5.57 Å². The molecule has 0 unspecified atom stereocenters. The second kappa shape index (κ2) is 5.03. The molecule has 0 radical (unpaired) electrons. The van der Waals surface area contributed by atoms with Crippen molar-refractivity contribution in [1.82, 2.24) is 0 Å². The van der Waals surface area contributed by atoms with Crippen molar-refractivity contribution in [3.05, 3.63) is 47.0 Å². The van der Waals surface area contributed by atoms with Gasteiger partial charge in [-0.05, 0) is 25.0 Å². The van der Waals surface area contributed by atoms with Gasteiger partial charge in [-0.2, -0.15) is 13.2 Å². The van der Waals surface area contributed by atoms with Crippen molar-refractivity contribution in [2.75, 3.05) is 6.61 Å². The Hall–Kier alpha value is -1.85. The van der Waals surface area contributed by atoms with Crippen LogP contribution in [0.4, 0.5) is 17.6 Å². The number of carbonyl (C=O) groups excluding carboxylic acids is 1. The fourth-order valence-corrected chi connectivity index (χ4v) is 1.83. The van der Waals surface area contributed by atoms with Crippen molar-refractivity contribution in [3.63, 3.8) is 0 Å². The van der Waals surface area contributed by atoms with Crippen molar-refractivity contribution < 1.29 is 27.1 Å². The first-order chi connectivity index (χ1) is 8.91. The van der Waals surface area contributed by atoms with Crippen molar-refractivity contribution >= 4 is 5.78 Å². The zero-order chi connectivity index (χ0) is 14.0. The Labute approximate surface area is 106 Å². The van der Waals surface area contributed by atoms with Crippen LogP contribution in [-0.2, 0) is 10.9 Å². The number of allylic oxidation sites excluding steroid dienone is 1. The second-order valence-electron chi connectivity index (χ2n) is 4.11. The maximum absolute atomic E-state index is 13.8. The minimum Gasteiger partial charge on any atom is -0.501 e. The smallest absolute Gasteiger partial charge is 0.419 e. The Kier molecular flexibility index (Phi) is 3.59. The number of carbonyl (C=O) groups is 1. The predicted octanol–water partition coefficient (Wildman–Crippen LogP) is 3.72. The molecule has 0 N–H and O–H groups in total. The summed E-state index contributed by atoms with van der Waals surface area (Å²) >= 11 is 0. The molecule has 1 aromatic rings. The molecule has 19 heavy (non-hydrogen) atoms. The SMILES string of the molecule is O=C(C1=COCCC1)c1cccc(C(F)(F)F)c1F. The number of alkyl halides is 3. The Morgan fingerprint density at radius 3 is 2.58 bits per heavy atom. The number of hydrogen-bond donors (Lipinski definition) is 0. The van der Waals surface area contributed by atoms with E-state index in [1.165, 1.54) is 6.26 Å². The van der Waals surface area contributed by atoms with Gasteiger partial charge in [0.2, 0.25) is 0 Å². The lowest BCUT2D eigenvalue weighted by atomic mass is 9.97. The first kappa shape index (κ1) is 13.6. The zero-order valence-electron chi connectivity index (χ0n) is 9.76. The molecule has 0 aromatic heterocycles. The molecule has 0 aliphatic carbocycles. The highest BCUT2D eigenvalue weighted by atomic mass is 19.4. The molecule has 0 fully saturated rings. The van der Waals surface area contributed by atoms with E-state index in [9.17, 15) is 22.4 Å². The lowest BCUT2D eigenvalue weighted by Gasteiger charge is -2.14. The van der Waals surface area contributed by atoms with Gasteiger partial charge >= 0.3 is 6.18 Å². The van der Waals surface area contributed by atoms with Gasteiger partial charge in [-0.1, -0.05) is 6.07 Å². The number of halogens is 4. The van der Waals surface area contributed by atoms with E-state index in [0.29, 0.717) is 25.5 Å². The average molecular weight is 274 g/mol. The maximum atomic E-state index is 13.8. The van der Waals surface area contributed by atoms with E-state index in [1.54, 1.807) is 0 Å². The van der Waals surface area contributed by atoms with Crippen LogP contribution in [0.3, 0.4) is 0 Å². The van der Waals surface area contributed by atoms with E-state index < -0.39 is 28.9 Å². The van der Waals surface area contributed by atoms with E-state index in [2.05, 4.69) is 0 Å². The van der Waals surface area contributed by atoms with E-state index >= 15 is 0 Å². The summed E-state index contributed by atoms with van der Waals surface area (Å²) in [5.74, 6) is -2.30. The highest BCUT2D eigenvalue weighted by Crippen LogP contribution is 2.33. The number of ether oxygens (including phenoxy) is 1. The average Bonchev–Trinajstić information content (AvgIpc) is 2.38. The van der Waals surface area contributed by atoms with Crippen molar-refractivity contribution in [2.45, 2.75) is 19.0 Å². The summed E-state index contributed by atoms with van der Waals surface area (Å²) < 4.78 is 56.3. The van der Waals surface area contributed by atoms with Crippen LogP contribution in [0, 0.1) is 5.82 Å². The third-order valence-electron chi connectivity index (χ3n) is 2.77. The topological polar surface area (TPSA) is 26.3 Å². The molecule has 0 spiro atoms. The van der Waals surface area contributed by atoms with Gasteiger partial charge in [-0.15, -0.1) is 0 Å². The van der Waals surface area contributed by atoms with E-state index in [-0.39, 0.29) is 5.57 Å².